The highest BCUT2D eigenvalue weighted by Gasteiger charge is 2.24. The van der Waals surface area contributed by atoms with E-state index in [4.69, 9.17) is 4.74 Å². The molecule has 100 valence electrons. The van der Waals surface area contributed by atoms with Crippen molar-refractivity contribution < 1.29 is 4.74 Å². The minimum atomic E-state index is 0.453. The lowest BCUT2D eigenvalue weighted by Gasteiger charge is -2.37. The van der Waals surface area contributed by atoms with Crippen LogP contribution in [0.3, 0.4) is 0 Å². The quantitative estimate of drug-likeness (QED) is 0.863. The molecule has 1 aromatic rings. The fraction of sp³-hybridized carbons (Fsp3) is 0.643. The van der Waals surface area contributed by atoms with Crippen LogP contribution in [0.15, 0.2) is 18.3 Å². The summed E-state index contributed by atoms with van der Waals surface area (Å²) in [5, 5.41) is 3.38. The maximum absolute atomic E-state index is 5.56. The first kappa shape index (κ1) is 13.3. The molecule has 2 rings (SSSR count). The summed E-state index contributed by atoms with van der Waals surface area (Å²) in [7, 11) is 0. The summed E-state index contributed by atoms with van der Waals surface area (Å²) >= 11 is 0. The van der Waals surface area contributed by atoms with Gasteiger partial charge in [-0.25, -0.2) is 4.98 Å². The number of ether oxygens (including phenoxy) is 1. The number of hydrogen-bond donors (Lipinski definition) is 1. The smallest absolute Gasteiger partial charge is 0.133 e. The maximum Gasteiger partial charge on any atom is 0.133 e. The number of nitrogens with zero attached hydrogens (tertiary/aromatic N) is 2. The van der Waals surface area contributed by atoms with Crippen LogP contribution in [0, 0.1) is 0 Å². The first-order valence-corrected chi connectivity index (χ1v) is 6.85. The van der Waals surface area contributed by atoms with E-state index in [-0.39, 0.29) is 0 Å². The minimum absolute atomic E-state index is 0.453. The molecule has 1 aliphatic rings. The van der Waals surface area contributed by atoms with Crippen LogP contribution in [-0.2, 0) is 11.3 Å². The van der Waals surface area contributed by atoms with E-state index in [1.807, 2.05) is 12.3 Å². The molecule has 0 amide bonds. The van der Waals surface area contributed by atoms with Crippen LogP contribution in [-0.4, -0.2) is 37.3 Å². The third kappa shape index (κ3) is 3.00. The molecule has 4 heteroatoms. The van der Waals surface area contributed by atoms with Gasteiger partial charge in [-0.15, -0.1) is 0 Å². The molecule has 0 aromatic carbocycles. The zero-order valence-electron chi connectivity index (χ0n) is 11.4. The number of rotatable bonds is 5. The van der Waals surface area contributed by atoms with Crippen LogP contribution in [0.25, 0.3) is 0 Å². The third-order valence-electron chi connectivity index (χ3n) is 3.40. The molecule has 0 aliphatic carbocycles. The van der Waals surface area contributed by atoms with Crippen molar-refractivity contribution in [1.29, 1.82) is 0 Å². The zero-order valence-corrected chi connectivity index (χ0v) is 11.4. The van der Waals surface area contributed by atoms with Crippen molar-refractivity contribution in [2.75, 3.05) is 31.2 Å². The van der Waals surface area contributed by atoms with E-state index in [2.05, 4.69) is 35.1 Å². The number of nitrogens with one attached hydrogen (secondary N) is 1. The Morgan fingerprint density at radius 3 is 3.17 bits per heavy atom. The van der Waals surface area contributed by atoms with Gasteiger partial charge in [0, 0.05) is 24.8 Å². The van der Waals surface area contributed by atoms with Crippen molar-refractivity contribution in [1.82, 2.24) is 10.3 Å². The fourth-order valence-electron chi connectivity index (χ4n) is 2.36. The van der Waals surface area contributed by atoms with Crippen molar-refractivity contribution in [3.63, 3.8) is 0 Å². The first-order valence-electron chi connectivity index (χ1n) is 6.85. The van der Waals surface area contributed by atoms with Crippen LogP contribution in [0.5, 0.6) is 0 Å². The van der Waals surface area contributed by atoms with Gasteiger partial charge in [-0.05, 0) is 19.0 Å². The van der Waals surface area contributed by atoms with Crippen LogP contribution >= 0.6 is 0 Å². The van der Waals surface area contributed by atoms with E-state index in [1.165, 1.54) is 5.56 Å². The largest absolute Gasteiger partial charge is 0.377 e. The van der Waals surface area contributed by atoms with Gasteiger partial charge in [0.05, 0.1) is 19.3 Å². The molecule has 0 bridgehead atoms. The van der Waals surface area contributed by atoms with Gasteiger partial charge in [0.25, 0.3) is 0 Å². The summed E-state index contributed by atoms with van der Waals surface area (Å²) in [5.41, 5.74) is 1.28. The summed E-state index contributed by atoms with van der Waals surface area (Å²) in [6.07, 6.45) is 2.98. The van der Waals surface area contributed by atoms with Gasteiger partial charge in [-0.1, -0.05) is 19.9 Å². The first-order chi connectivity index (χ1) is 8.86. The number of hydrogen-bond acceptors (Lipinski definition) is 4. The summed E-state index contributed by atoms with van der Waals surface area (Å²) in [6, 6.07) is 4.62. The average Bonchev–Trinajstić information content (AvgIpc) is 2.45. The number of anilines is 1. The third-order valence-corrected chi connectivity index (χ3v) is 3.40. The molecule has 1 N–H and O–H groups in total. The van der Waals surface area contributed by atoms with Crippen LogP contribution in [0.1, 0.15) is 25.8 Å². The molecule has 0 saturated carbocycles. The van der Waals surface area contributed by atoms with Gasteiger partial charge in [0.1, 0.15) is 5.82 Å². The Morgan fingerprint density at radius 1 is 1.50 bits per heavy atom. The van der Waals surface area contributed by atoms with Gasteiger partial charge in [-0.2, -0.15) is 0 Å². The van der Waals surface area contributed by atoms with Crippen molar-refractivity contribution >= 4 is 5.82 Å². The Hall–Kier alpha value is -1.13. The normalized spacial score (nSPS) is 20.1. The average molecular weight is 249 g/mol. The number of aromatic nitrogens is 1. The molecule has 18 heavy (non-hydrogen) atoms. The molecule has 1 saturated heterocycles. The number of pyridine rings is 1. The second-order valence-corrected chi connectivity index (χ2v) is 4.60. The van der Waals surface area contributed by atoms with Crippen molar-refractivity contribution in [3.8, 4) is 0 Å². The topological polar surface area (TPSA) is 37.4 Å². The zero-order chi connectivity index (χ0) is 12.8. The van der Waals surface area contributed by atoms with Crippen molar-refractivity contribution in [2.24, 2.45) is 0 Å². The Bertz CT molecular complexity index is 370. The van der Waals surface area contributed by atoms with Gasteiger partial charge in [0.2, 0.25) is 0 Å². The molecule has 2 heterocycles. The summed E-state index contributed by atoms with van der Waals surface area (Å²) < 4.78 is 5.56. The molecule has 0 spiro atoms. The molecular formula is C14H23N3O. The van der Waals surface area contributed by atoms with Crippen LogP contribution in [0.4, 0.5) is 5.82 Å². The van der Waals surface area contributed by atoms with E-state index in [0.717, 1.165) is 45.1 Å². The predicted molar refractivity (Wildman–Crippen MR) is 73.9 cm³/mol. The van der Waals surface area contributed by atoms with Crippen molar-refractivity contribution in [2.45, 2.75) is 32.9 Å². The highest BCUT2D eigenvalue weighted by Crippen LogP contribution is 2.22. The molecule has 4 nitrogen and oxygen atoms in total. The molecule has 0 radical (unpaired) electrons. The van der Waals surface area contributed by atoms with E-state index < -0.39 is 0 Å². The Morgan fingerprint density at radius 2 is 2.39 bits per heavy atom. The SMILES string of the molecule is CCNCc1cccnc1N1CCOCC1CC. The molecule has 1 unspecified atom stereocenters. The minimum Gasteiger partial charge on any atom is -0.377 e. The van der Waals surface area contributed by atoms with Crippen molar-refractivity contribution in [3.05, 3.63) is 23.9 Å². The monoisotopic (exact) mass is 249 g/mol. The van der Waals surface area contributed by atoms with E-state index >= 15 is 0 Å². The predicted octanol–water partition coefficient (Wildman–Crippen LogP) is 1.81. The van der Waals surface area contributed by atoms with Gasteiger partial charge in [-0.3, -0.25) is 0 Å². The number of morpholine rings is 1. The van der Waals surface area contributed by atoms with Crippen LogP contribution in [0.2, 0.25) is 0 Å². The molecule has 1 aromatic heterocycles. The highest BCUT2D eigenvalue weighted by molar-refractivity contribution is 5.48. The molecule has 1 fully saturated rings. The summed E-state index contributed by atoms with van der Waals surface area (Å²) in [6.45, 7) is 8.75. The lowest BCUT2D eigenvalue weighted by molar-refractivity contribution is 0.0924. The standard InChI is InChI=1S/C14H23N3O/c1-3-13-11-18-9-8-17(13)14-12(10-15-4-2)6-5-7-16-14/h5-7,13,15H,3-4,8-11H2,1-2H3. The van der Waals surface area contributed by atoms with Crippen LogP contribution < -0.4 is 10.2 Å². The van der Waals surface area contributed by atoms with E-state index in [1.54, 1.807) is 0 Å². The van der Waals surface area contributed by atoms with E-state index in [0.29, 0.717) is 6.04 Å². The lowest BCUT2D eigenvalue weighted by Crippen LogP contribution is -2.46. The highest BCUT2D eigenvalue weighted by atomic mass is 16.5. The second kappa shape index (κ2) is 6.71. The lowest BCUT2D eigenvalue weighted by atomic mass is 10.1. The Kier molecular flexibility index (Phi) is 4.96. The fourth-order valence-corrected chi connectivity index (χ4v) is 2.36. The summed E-state index contributed by atoms with van der Waals surface area (Å²) in [5.74, 6) is 1.12. The Labute approximate surface area is 109 Å². The Balaban J connectivity index is 2.19. The second-order valence-electron chi connectivity index (χ2n) is 4.60. The van der Waals surface area contributed by atoms with Gasteiger partial charge < -0.3 is 15.0 Å². The molecular weight excluding hydrogens is 226 g/mol. The van der Waals surface area contributed by atoms with Gasteiger partial charge >= 0.3 is 0 Å². The molecule has 1 aliphatic heterocycles. The maximum atomic E-state index is 5.56. The van der Waals surface area contributed by atoms with E-state index in [9.17, 15) is 0 Å². The van der Waals surface area contributed by atoms with Gasteiger partial charge in [0.15, 0.2) is 0 Å². The summed E-state index contributed by atoms with van der Waals surface area (Å²) in [4.78, 5) is 6.98. The molecule has 1 atom stereocenters.